The number of hydrogen-bond acceptors (Lipinski definition) is 10. The Morgan fingerprint density at radius 3 is 2.62 bits per heavy atom. The standard InChI is InChI=1S/C21H24N6O6S/c1-13-10-16(14(2)26(13)8-5-9-32-4)18(28)12-33-20(29)17-11-15(27(30)31)6-7-19(17)34-21-22-23-24-25(21)3/h6-7,10-11H,5,8-9,12H2,1-4H3. The molecule has 0 aliphatic heterocycles. The van der Waals surface area contributed by atoms with Crippen LogP contribution in [-0.2, 0) is 23.1 Å². The fraction of sp³-hybridized carbons (Fsp3) is 0.381. The Morgan fingerprint density at radius 1 is 1.21 bits per heavy atom. The predicted octanol–water partition coefficient (Wildman–Crippen LogP) is 2.76. The fourth-order valence-corrected chi connectivity index (χ4v) is 4.20. The minimum atomic E-state index is -0.858. The maximum absolute atomic E-state index is 12.8. The minimum absolute atomic E-state index is 0.0555. The van der Waals surface area contributed by atoms with Gasteiger partial charge in [-0.05, 0) is 54.6 Å². The second kappa shape index (κ2) is 11.0. The SMILES string of the molecule is COCCCn1c(C)cc(C(=O)COC(=O)c2cc([N+](=O)[O-])ccc2Sc2nnnn2C)c1C. The molecule has 34 heavy (non-hydrogen) atoms. The largest absolute Gasteiger partial charge is 0.454 e. The Bertz CT molecular complexity index is 1220. The Balaban J connectivity index is 1.77. The van der Waals surface area contributed by atoms with E-state index in [0.717, 1.165) is 35.6 Å². The highest BCUT2D eigenvalue weighted by atomic mass is 32.2. The van der Waals surface area contributed by atoms with Gasteiger partial charge in [-0.3, -0.25) is 14.9 Å². The number of Topliss-reactive ketones (excluding diaryl/α,β-unsaturated/α-hetero) is 1. The molecule has 0 atom stereocenters. The van der Waals surface area contributed by atoms with Crippen LogP contribution < -0.4 is 0 Å². The molecule has 3 aromatic rings. The normalized spacial score (nSPS) is 10.9. The van der Waals surface area contributed by atoms with Crippen LogP contribution in [0.3, 0.4) is 0 Å². The van der Waals surface area contributed by atoms with E-state index in [4.69, 9.17) is 9.47 Å². The molecule has 0 N–H and O–H groups in total. The molecular weight excluding hydrogens is 464 g/mol. The van der Waals surface area contributed by atoms with E-state index in [2.05, 4.69) is 15.5 Å². The first-order valence-corrected chi connectivity index (χ1v) is 11.1. The number of carbonyl (C=O) groups excluding carboxylic acids is 2. The van der Waals surface area contributed by atoms with E-state index in [1.165, 1.54) is 16.8 Å². The number of benzene rings is 1. The van der Waals surface area contributed by atoms with Gasteiger partial charge in [0, 0.05) is 61.3 Å². The predicted molar refractivity (Wildman–Crippen MR) is 121 cm³/mol. The van der Waals surface area contributed by atoms with Gasteiger partial charge in [-0.1, -0.05) is 0 Å². The molecule has 3 rings (SSSR count). The zero-order valence-corrected chi connectivity index (χ0v) is 20.0. The fourth-order valence-electron chi connectivity index (χ4n) is 3.37. The molecule has 0 spiro atoms. The van der Waals surface area contributed by atoms with Gasteiger partial charge in [0.15, 0.2) is 6.61 Å². The van der Waals surface area contributed by atoms with Gasteiger partial charge < -0.3 is 14.0 Å². The molecule has 0 aliphatic rings. The highest BCUT2D eigenvalue weighted by Gasteiger charge is 2.22. The molecule has 0 amide bonds. The second-order valence-corrected chi connectivity index (χ2v) is 8.42. The van der Waals surface area contributed by atoms with Gasteiger partial charge >= 0.3 is 5.97 Å². The number of nitrogens with zero attached hydrogens (tertiary/aromatic N) is 6. The van der Waals surface area contributed by atoms with Crippen molar-refractivity contribution in [2.75, 3.05) is 20.3 Å². The lowest BCUT2D eigenvalue weighted by atomic mass is 10.1. The smallest absolute Gasteiger partial charge is 0.339 e. The molecule has 0 bridgehead atoms. The van der Waals surface area contributed by atoms with Crippen molar-refractivity contribution in [3.05, 3.63) is 56.9 Å². The number of nitro benzene ring substituents is 1. The van der Waals surface area contributed by atoms with Crippen molar-refractivity contribution in [3.8, 4) is 0 Å². The van der Waals surface area contributed by atoms with Crippen LogP contribution in [0.1, 0.15) is 38.5 Å². The van der Waals surface area contributed by atoms with Crippen molar-refractivity contribution < 1.29 is 24.0 Å². The number of rotatable bonds is 11. The van der Waals surface area contributed by atoms with Crippen molar-refractivity contribution in [2.45, 2.75) is 36.9 Å². The van der Waals surface area contributed by atoms with Gasteiger partial charge in [0.05, 0.1) is 10.5 Å². The topological polar surface area (TPSA) is 144 Å². The van der Waals surface area contributed by atoms with Crippen LogP contribution in [-0.4, -0.2) is 61.8 Å². The third kappa shape index (κ3) is 5.66. The van der Waals surface area contributed by atoms with E-state index in [9.17, 15) is 19.7 Å². The van der Waals surface area contributed by atoms with Gasteiger partial charge in [0.2, 0.25) is 10.9 Å². The summed E-state index contributed by atoms with van der Waals surface area (Å²) in [5, 5.41) is 22.7. The van der Waals surface area contributed by atoms with E-state index in [1.54, 1.807) is 20.2 Å². The van der Waals surface area contributed by atoms with Crippen LogP contribution in [0, 0.1) is 24.0 Å². The average Bonchev–Trinajstić information content (AvgIpc) is 3.34. The van der Waals surface area contributed by atoms with Crippen molar-refractivity contribution in [3.63, 3.8) is 0 Å². The Morgan fingerprint density at radius 2 is 1.97 bits per heavy atom. The van der Waals surface area contributed by atoms with Gasteiger partial charge in [0.25, 0.3) is 5.69 Å². The van der Waals surface area contributed by atoms with Crippen LogP contribution in [0.2, 0.25) is 0 Å². The maximum atomic E-state index is 12.8. The maximum Gasteiger partial charge on any atom is 0.339 e. The number of nitro groups is 1. The number of ketones is 1. The number of ether oxygens (including phenoxy) is 2. The lowest BCUT2D eigenvalue weighted by molar-refractivity contribution is -0.384. The van der Waals surface area contributed by atoms with Crippen LogP contribution in [0.25, 0.3) is 0 Å². The van der Waals surface area contributed by atoms with Crippen LogP contribution >= 0.6 is 11.8 Å². The summed E-state index contributed by atoms with van der Waals surface area (Å²) >= 11 is 1.05. The van der Waals surface area contributed by atoms with E-state index < -0.39 is 17.5 Å². The molecule has 0 radical (unpaired) electrons. The first-order valence-electron chi connectivity index (χ1n) is 10.3. The van der Waals surface area contributed by atoms with E-state index in [-0.39, 0.29) is 17.0 Å². The summed E-state index contributed by atoms with van der Waals surface area (Å²) in [5.41, 5.74) is 1.81. The van der Waals surface area contributed by atoms with Crippen molar-refractivity contribution in [2.24, 2.45) is 7.05 Å². The summed E-state index contributed by atoms with van der Waals surface area (Å²) in [5.74, 6) is -1.22. The van der Waals surface area contributed by atoms with Crippen molar-refractivity contribution in [1.82, 2.24) is 24.8 Å². The lowest BCUT2D eigenvalue weighted by Gasteiger charge is -2.10. The number of carbonyl (C=O) groups is 2. The lowest BCUT2D eigenvalue weighted by Crippen LogP contribution is -2.16. The second-order valence-electron chi connectivity index (χ2n) is 7.41. The average molecular weight is 489 g/mol. The number of methoxy groups -OCH3 is 1. The zero-order valence-electron chi connectivity index (χ0n) is 19.2. The molecular formula is C21H24N6O6S. The Hall–Kier alpha value is -3.58. The molecule has 0 fully saturated rings. The molecule has 180 valence electrons. The molecule has 1 aromatic carbocycles. The van der Waals surface area contributed by atoms with Crippen LogP contribution in [0.15, 0.2) is 34.3 Å². The molecule has 2 heterocycles. The molecule has 2 aromatic heterocycles. The number of hydrogen-bond donors (Lipinski definition) is 0. The summed E-state index contributed by atoms with van der Waals surface area (Å²) in [6, 6.07) is 5.56. The first-order chi connectivity index (χ1) is 16.2. The summed E-state index contributed by atoms with van der Waals surface area (Å²) in [6.45, 7) is 4.53. The number of aryl methyl sites for hydroxylation is 2. The van der Waals surface area contributed by atoms with Crippen molar-refractivity contribution in [1.29, 1.82) is 0 Å². The van der Waals surface area contributed by atoms with Gasteiger partial charge in [-0.2, -0.15) is 0 Å². The highest BCUT2D eigenvalue weighted by molar-refractivity contribution is 7.99. The van der Waals surface area contributed by atoms with Crippen LogP contribution in [0.5, 0.6) is 0 Å². The molecule has 0 saturated heterocycles. The van der Waals surface area contributed by atoms with E-state index >= 15 is 0 Å². The molecule has 0 unspecified atom stereocenters. The molecule has 0 saturated carbocycles. The van der Waals surface area contributed by atoms with E-state index in [0.29, 0.717) is 28.8 Å². The van der Waals surface area contributed by atoms with Crippen LogP contribution in [0.4, 0.5) is 5.69 Å². The molecule has 13 heteroatoms. The number of tetrazole rings is 1. The third-order valence-corrected chi connectivity index (χ3v) is 6.22. The van der Waals surface area contributed by atoms with Gasteiger partial charge in [-0.25, -0.2) is 9.48 Å². The number of esters is 1. The number of non-ortho nitro benzene ring substituents is 1. The number of aromatic nitrogens is 5. The minimum Gasteiger partial charge on any atom is -0.454 e. The highest BCUT2D eigenvalue weighted by Crippen LogP contribution is 2.31. The Labute approximate surface area is 199 Å². The Kier molecular flexibility index (Phi) is 8.12. The first kappa shape index (κ1) is 25.1. The third-order valence-electron chi connectivity index (χ3n) is 5.11. The quantitative estimate of drug-likeness (QED) is 0.130. The molecule has 12 nitrogen and oxygen atoms in total. The monoisotopic (exact) mass is 488 g/mol. The van der Waals surface area contributed by atoms with E-state index in [1.807, 2.05) is 18.4 Å². The van der Waals surface area contributed by atoms with Crippen molar-refractivity contribution >= 4 is 29.2 Å². The summed E-state index contributed by atoms with van der Waals surface area (Å²) in [4.78, 5) is 36.6. The molecule has 0 aliphatic carbocycles. The summed E-state index contributed by atoms with van der Waals surface area (Å²) in [7, 11) is 3.25. The van der Waals surface area contributed by atoms with Gasteiger partial charge in [0.1, 0.15) is 0 Å². The zero-order chi connectivity index (χ0) is 24.8. The summed E-state index contributed by atoms with van der Waals surface area (Å²) in [6.07, 6.45) is 0.795. The van der Waals surface area contributed by atoms with Gasteiger partial charge in [-0.15, -0.1) is 5.10 Å². The summed E-state index contributed by atoms with van der Waals surface area (Å²) < 4.78 is 13.8.